The summed E-state index contributed by atoms with van der Waals surface area (Å²) in [4.78, 5) is 11.8. The van der Waals surface area contributed by atoms with Crippen molar-refractivity contribution in [2.45, 2.75) is 50.8 Å². The number of para-hydroxylation sites is 1. The molecule has 1 atom stereocenters. The van der Waals surface area contributed by atoms with Gasteiger partial charge in [0, 0.05) is 37.9 Å². The van der Waals surface area contributed by atoms with Crippen molar-refractivity contribution in [3.8, 4) is 11.5 Å². The van der Waals surface area contributed by atoms with E-state index >= 15 is 0 Å². The van der Waals surface area contributed by atoms with E-state index in [1.807, 2.05) is 43.3 Å². The Kier molecular flexibility index (Phi) is 6.99. The van der Waals surface area contributed by atoms with Crippen LogP contribution in [0.5, 0.6) is 11.5 Å². The molecule has 2 aliphatic heterocycles. The van der Waals surface area contributed by atoms with Crippen molar-refractivity contribution < 1.29 is 24.4 Å². The maximum atomic E-state index is 9.65. The first-order valence-electron chi connectivity index (χ1n) is 13.4. The molecule has 0 saturated carbocycles. The Hall–Kier alpha value is -3.50. The third kappa shape index (κ3) is 4.98. The van der Waals surface area contributed by atoms with Gasteiger partial charge in [0.2, 0.25) is 0 Å². The van der Waals surface area contributed by atoms with Crippen molar-refractivity contribution in [2.75, 3.05) is 26.8 Å². The van der Waals surface area contributed by atoms with E-state index in [0.29, 0.717) is 31.2 Å². The fourth-order valence-corrected chi connectivity index (χ4v) is 5.71. The number of rotatable bonds is 8. The van der Waals surface area contributed by atoms with Gasteiger partial charge in [0.15, 0.2) is 17.8 Å². The monoisotopic (exact) mass is 530 g/mol. The number of likely N-dealkylation sites (tertiary alicyclic amines) is 1. The summed E-state index contributed by atoms with van der Waals surface area (Å²) in [7, 11) is 1.68. The molecule has 39 heavy (non-hydrogen) atoms. The topological polar surface area (TPSA) is 102 Å². The number of piperidine rings is 1. The van der Waals surface area contributed by atoms with Gasteiger partial charge in [0.25, 0.3) is 5.79 Å². The highest BCUT2D eigenvalue weighted by atomic mass is 16.7. The number of ether oxygens (including phenoxy) is 3. The summed E-state index contributed by atoms with van der Waals surface area (Å²) >= 11 is 0. The van der Waals surface area contributed by atoms with Crippen LogP contribution in [-0.4, -0.2) is 56.5 Å². The number of imidazole rings is 1. The lowest BCUT2D eigenvalue weighted by molar-refractivity contribution is -0.0722. The van der Waals surface area contributed by atoms with Crippen LogP contribution in [0.4, 0.5) is 0 Å². The molecule has 0 aliphatic carbocycles. The number of pyridine rings is 1. The minimum atomic E-state index is -1.52. The largest absolute Gasteiger partial charge is 0.443 e. The lowest BCUT2D eigenvalue weighted by Crippen LogP contribution is -2.34. The number of hydrogen-bond donors (Lipinski definition) is 2. The van der Waals surface area contributed by atoms with Crippen molar-refractivity contribution in [3.63, 3.8) is 0 Å². The fraction of sp³-hybridized carbons (Fsp3) is 0.400. The van der Waals surface area contributed by atoms with Gasteiger partial charge in [-0.2, -0.15) is 0 Å². The van der Waals surface area contributed by atoms with E-state index in [1.54, 1.807) is 25.4 Å². The van der Waals surface area contributed by atoms with Gasteiger partial charge in [0.1, 0.15) is 11.5 Å². The highest BCUT2D eigenvalue weighted by Crippen LogP contribution is 2.49. The first kappa shape index (κ1) is 25.8. The Bertz CT molecular complexity index is 1450. The highest BCUT2D eigenvalue weighted by molar-refractivity contribution is 5.77. The van der Waals surface area contributed by atoms with E-state index in [1.165, 1.54) is 5.56 Å². The molecule has 4 aromatic rings. The average molecular weight is 531 g/mol. The summed E-state index contributed by atoms with van der Waals surface area (Å²) < 4.78 is 20.2. The van der Waals surface area contributed by atoms with E-state index in [0.717, 1.165) is 60.0 Å². The van der Waals surface area contributed by atoms with Crippen molar-refractivity contribution in [1.82, 2.24) is 19.4 Å². The number of nitrogens with zero attached hydrogens (tertiary/aromatic N) is 4. The first-order valence-corrected chi connectivity index (χ1v) is 13.4. The van der Waals surface area contributed by atoms with Crippen LogP contribution >= 0.6 is 0 Å². The number of methoxy groups -OCH3 is 1. The fourth-order valence-electron chi connectivity index (χ4n) is 5.71. The average Bonchev–Trinajstić information content (AvgIpc) is 3.49. The predicted molar refractivity (Wildman–Crippen MR) is 145 cm³/mol. The molecule has 2 aliphatic rings. The molecule has 9 heteroatoms. The third-order valence-electron chi connectivity index (χ3n) is 7.80. The van der Waals surface area contributed by atoms with Gasteiger partial charge in [-0.1, -0.05) is 24.3 Å². The number of aromatic nitrogens is 3. The molecule has 4 heterocycles. The zero-order valence-electron chi connectivity index (χ0n) is 22.3. The Morgan fingerprint density at radius 2 is 1.92 bits per heavy atom. The van der Waals surface area contributed by atoms with Crippen LogP contribution in [0.25, 0.3) is 11.0 Å². The van der Waals surface area contributed by atoms with Crippen molar-refractivity contribution >= 4 is 11.0 Å². The quantitative estimate of drug-likeness (QED) is 0.329. The Labute approximate surface area is 227 Å². The molecule has 2 aromatic carbocycles. The molecule has 0 radical (unpaired) electrons. The lowest BCUT2D eigenvalue weighted by Gasteiger charge is -2.32. The van der Waals surface area contributed by atoms with E-state index in [4.69, 9.17) is 19.2 Å². The molecule has 1 saturated heterocycles. The van der Waals surface area contributed by atoms with Crippen molar-refractivity contribution in [3.05, 3.63) is 83.4 Å². The van der Waals surface area contributed by atoms with Gasteiger partial charge in [-0.25, -0.2) is 4.98 Å². The molecule has 0 amide bonds. The van der Waals surface area contributed by atoms with Crippen LogP contribution in [0.15, 0.2) is 60.8 Å². The molecule has 0 bridgehead atoms. The van der Waals surface area contributed by atoms with Gasteiger partial charge in [-0.3, -0.25) is 9.88 Å². The lowest BCUT2D eigenvalue weighted by atomic mass is 9.88. The van der Waals surface area contributed by atoms with E-state index in [9.17, 15) is 10.2 Å². The summed E-state index contributed by atoms with van der Waals surface area (Å²) in [5.41, 5.74) is 4.12. The number of benzene rings is 2. The third-order valence-corrected chi connectivity index (χ3v) is 7.80. The van der Waals surface area contributed by atoms with Gasteiger partial charge in [-0.15, -0.1) is 0 Å². The zero-order valence-corrected chi connectivity index (χ0v) is 22.3. The van der Waals surface area contributed by atoms with Crippen molar-refractivity contribution in [2.24, 2.45) is 0 Å². The molecule has 1 unspecified atom stereocenters. The maximum Gasteiger partial charge on any atom is 0.292 e. The second-order valence-corrected chi connectivity index (χ2v) is 10.4. The number of hydrogen-bond acceptors (Lipinski definition) is 8. The highest BCUT2D eigenvalue weighted by Gasteiger charge is 2.42. The predicted octanol–water partition coefficient (Wildman–Crippen LogP) is 4.08. The molecule has 204 valence electrons. The summed E-state index contributed by atoms with van der Waals surface area (Å²) in [6.07, 6.45) is 2.24. The van der Waals surface area contributed by atoms with E-state index in [2.05, 4.69) is 20.5 Å². The molecule has 2 N–H and O–H groups in total. The number of aliphatic hydroxyl groups is 2. The smallest absolute Gasteiger partial charge is 0.292 e. The molecule has 6 rings (SSSR count). The Morgan fingerprint density at radius 1 is 1.08 bits per heavy atom. The molecular weight excluding hydrogens is 496 g/mol. The normalized spacial score (nSPS) is 19.8. The first-order chi connectivity index (χ1) is 18.9. The minimum Gasteiger partial charge on any atom is -0.443 e. The van der Waals surface area contributed by atoms with E-state index in [-0.39, 0.29) is 0 Å². The van der Waals surface area contributed by atoms with Crippen LogP contribution in [0.1, 0.15) is 54.6 Å². The second kappa shape index (κ2) is 10.6. The standard InChI is InChI=1S/C30H34N4O5/c1-30(26-8-3-4-13-31-26)38-25-7-5-6-22(28(25)39-30)20-11-14-33(15-12-20)19-27-32-23-10-9-21(29(35)36)18-24(23)34(27)16-17-37-2/h3-10,13,18,20,29,35-36H,11-12,14-17,19H2,1-2H3. The summed E-state index contributed by atoms with van der Waals surface area (Å²) in [5, 5.41) is 19.3. The molecular formula is C30H34N4O5. The van der Waals surface area contributed by atoms with Crippen LogP contribution in [0.2, 0.25) is 0 Å². The Morgan fingerprint density at radius 3 is 2.67 bits per heavy atom. The number of fused-ring (bicyclic) bond motifs is 2. The Balaban J connectivity index is 1.17. The van der Waals surface area contributed by atoms with Crippen LogP contribution in [-0.2, 0) is 23.6 Å². The summed E-state index contributed by atoms with van der Waals surface area (Å²) in [6.45, 7) is 5.69. The molecule has 9 nitrogen and oxygen atoms in total. The number of aliphatic hydroxyl groups excluding tert-OH is 1. The maximum absolute atomic E-state index is 9.65. The van der Waals surface area contributed by atoms with Gasteiger partial charge >= 0.3 is 0 Å². The van der Waals surface area contributed by atoms with Crippen LogP contribution < -0.4 is 9.47 Å². The van der Waals surface area contributed by atoms with Gasteiger partial charge in [0.05, 0.1) is 24.2 Å². The summed E-state index contributed by atoms with van der Waals surface area (Å²) in [6, 6.07) is 17.3. The SMILES string of the molecule is COCCn1c(CN2CCC(c3cccc4c3OC(C)(c3ccccn3)O4)CC2)nc2ccc(C(O)O)cc21. The molecule has 1 fully saturated rings. The molecule has 2 aromatic heterocycles. The van der Waals surface area contributed by atoms with Crippen LogP contribution in [0.3, 0.4) is 0 Å². The minimum absolute atomic E-state index is 0.367. The summed E-state index contributed by atoms with van der Waals surface area (Å²) in [5.74, 6) is 1.98. The second-order valence-electron chi connectivity index (χ2n) is 10.4. The van der Waals surface area contributed by atoms with Gasteiger partial charge in [-0.05, 0) is 62.2 Å². The van der Waals surface area contributed by atoms with Crippen molar-refractivity contribution in [1.29, 1.82) is 0 Å². The van der Waals surface area contributed by atoms with E-state index < -0.39 is 12.1 Å². The van der Waals surface area contributed by atoms with Crippen LogP contribution in [0, 0.1) is 0 Å². The molecule has 0 spiro atoms. The zero-order chi connectivity index (χ0) is 27.0. The van der Waals surface area contributed by atoms with Gasteiger partial charge < -0.3 is 29.0 Å².